The lowest BCUT2D eigenvalue weighted by atomic mass is 10.4. The van der Waals surface area contributed by atoms with Crippen LogP contribution >= 0.6 is 0 Å². The number of fused-ring (bicyclic) bond motifs is 2. The van der Waals surface area contributed by atoms with E-state index >= 15 is 0 Å². The van der Waals surface area contributed by atoms with Gasteiger partial charge in [-0.2, -0.15) is 0 Å². The lowest BCUT2D eigenvalue weighted by Gasteiger charge is -2.36. The molecule has 4 fully saturated rings. The summed E-state index contributed by atoms with van der Waals surface area (Å²) >= 11 is 0. The molecule has 0 radical (unpaired) electrons. The van der Waals surface area contributed by atoms with Gasteiger partial charge in [0.15, 0.2) is 0 Å². The van der Waals surface area contributed by atoms with Gasteiger partial charge < -0.3 is 22.4 Å². The molecule has 17 heavy (non-hydrogen) atoms. The van der Waals surface area contributed by atoms with Crippen molar-refractivity contribution in [1.82, 2.24) is 0 Å². The minimum Gasteiger partial charge on any atom is -0.414 e. The third-order valence-corrected chi connectivity index (χ3v) is 13.1. The molecule has 7 heteroatoms. The van der Waals surface area contributed by atoms with Gasteiger partial charge in [-0.15, -0.1) is 0 Å². The standard InChI is InChI=1S/C10H18O5Si2/c1-11-16(3-7-8(4-16)13-7)15-17(12-2)5-9-10(6-17)14-9/h7-10H,3-6H2,1-2H3. The Hall–Kier alpha value is 0.234. The quantitative estimate of drug-likeness (QED) is 0.559. The first-order chi connectivity index (χ1) is 8.18. The van der Waals surface area contributed by atoms with Gasteiger partial charge in [-0.25, -0.2) is 0 Å². The Labute approximate surface area is 103 Å². The Kier molecular flexibility index (Phi) is 2.23. The average Bonchev–Trinajstić information content (AvgIpc) is 3.17. The fraction of sp³-hybridized carbons (Fsp3) is 1.00. The maximum absolute atomic E-state index is 6.52. The predicted molar refractivity (Wildman–Crippen MR) is 63.2 cm³/mol. The lowest BCUT2D eigenvalue weighted by Crippen LogP contribution is -2.53. The summed E-state index contributed by atoms with van der Waals surface area (Å²) in [5, 5.41) is 0. The zero-order chi connectivity index (χ0) is 11.7. The minimum absolute atomic E-state index is 0.414. The molecule has 4 unspecified atom stereocenters. The summed E-state index contributed by atoms with van der Waals surface area (Å²) in [5.74, 6) is 0. The van der Waals surface area contributed by atoms with Crippen molar-refractivity contribution in [3.05, 3.63) is 0 Å². The van der Waals surface area contributed by atoms with E-state index in [0.29, 0.717) is 24.4 Å². The first-order valence-corrected chi connectivity index (χ1v) is 10.8. The van der Waals surface area contributed by atoms with Gasteiger partial charge in [-0.3, -0.25) is 0 Å². The van der Waals surface area contributed by atoms with Crippen LogP contribution in [0.25, 0.3) is 0 Å². The minimum atomic E-state index is -2.03. The van der Waals surface area contributed by atoms with Crippen molar-refractivity contribution in [1.29, 1.82) is 0 Å². The summed E-state index contributed by atoms with van der Waals surface area (Å²) in [7, 11) is -0.476. The number of ether oxygens (including phenoxy) is 2. The highest BCUT2D eigenvalue weighted by molar-refractivity contribution is 6.82. The van der Waals surface area contributed by atoms with E-state index in [2.05, 4.69) is 0 Å². The molecule has 0 aromatic carbocycles. The number of epoxide rings is 2. The normalized spacial score (nSPS) is 58.9. The largest absolute Gasteiger partial charge is 0.414 e. The molecule has 0 aromatic heterocycles. The van der Waals surface area contributed by atoms with Crippen molar-refractivity contribution in [2.45, 2.75) is 48.6 Å². The highest BCUT2D eigenvalue weighted by atomic mass is 28.5. The molecule has 5 nitrogen and oxygen atoms in total. The fourth-order valence-corrected chi connectivity index (χ4v) is 13.0. The molecule has 4 saturated heterocycles. The van der Waals surface area contributed by atoms with E-state index in [9.17, 15) is 0 Å². The zero-order valence-electron chi connectivity index (χ0n) is 10.2. The second-order valence-electron chi connectivity index (χ2n) is 5.57. The Morgan fingerprint density at radius 3 is 1.41 bits per heavy atom. The van der Waals surface area contributed by atoms with Crippen LogP contribution in [0.15, 0.2) is 0 Å². The van der Waals surface area contributed by atoms with E-state index in [1.807, 2.05) is 0 Å². The van der Waals surface area contributed by atoms with Crippen LogP contribution < -0.4 is 0 Å². The smallest absolute Gasteiger partial charge is 0.334 e. The summed E-state index contributed by atoms with van der Waals surface area (Å²) in [4.78, 5) is 0. The van der Waals surface area contributed by atoms with Crippen molar-refractivity contribution < 1.29 is 22.4 Å². The molecular formula is C10H18O5Si2. The molecule has 4 aliphatic rings. The monoisotopic (exact) mass is 274 g/mol. The van der Waals surface area contributed by atoms with Gasteiger partial charge >= 0.3 is 17.1 Å². The summed E-state index contributed by atoms with van der Waals surface area (Å²) < 4.78 is 29.1. The van der Waals surface area contributed by atoms with Gasteiger partial charge in [0.25, 0.3) is 0 Å². The number of hydrogen-bond acceptors (Lipinski definition) is 5. The van der Waals surface area contributed by atoms with Crippen molar-refractivity contribution in [2.75, 3.05) is 14.2 Å². The van der Waals surface area contributed by atoms with Crippen LogP contribution in [0.1, 0.15) is 0 Å². The van der Waals surface area contributed by atoms with Crippen LogP contribution in [-0.4, -0.2) is 55.8 Å². The highest BCUT2D eigenvalue weighted by Gasteiger charge is 2.67. The van der Waals surface area contributed by atoms with Crippen molar-refractivity contribution >= 4 is 17.1 Å². The van der Waals surface area contributed by atoms with Crippen LogP contribution in [0.3, 0.4) is 0 Å². The third-order valence-electron chi connectivity index (χ3n) is 4.54. The van der Waals surface area contributed by atoms with Crippen molar-refractivity contribution in [3.8, 4) is 0 Å². The van der Waals surface area contributed by atoms with E-state index in [1.165, 1.54) is 0 Å². The van der Waals surface area contributed by atoms with Gasteiger partial charge in [0.1, 0.15) is 0 Å². The Morgan fingerprint density at radius 2 is 1.12 bits per heavy atom. The van der Waals surface area contributed by atoms with Crippen LogP contribution in [0.2, 0.25) is 24.2 Å². The summed E-state index contributed by atoms with van der Waals surface area (Å²) in [6.07, 6.45) is 1.65. The third kappa shape index (κ3) is 1.68. The molecule has 0 bridgehead atoms. The van der Waals surface area contributed by atoms with Gasteiger partial charge in [0.2, 0.25) is 0 Å². The topological polar surface area (TPSA) is 52.8 Å². The summed E-state index contributed by atoms with van der Waals surface area (Å²) in [6, 6.07) is 3.95. The number of rotatable bonds is 4. The lowest BCUT2D eigenvalue weighted by molar-refractivity contribution is 0.211. The van der Waals surface area contributed by atoms with Crippen LogP contribution in [0.5, 0.6) is 0 Å². The van der Waals surface area contributed by atoms with Crippen molar-refractivity contribution in [3.63, 3.8) is 0 Å². The molecule has 0 aliphatic carbocycles. The molecule has 0 N–H and O–H groups in total. The molecule has 0 spiro atoms. The maximum Gasteiger partial charge on any atom is 0.334 e. The zero-order valence-corrected chi connectivity index (χ0v) is 12.2. The molecule has 4 aliphatic heterocycles. The summed E-state index contributed by atoms with van der Waals surface area (Å²) in [6.45, 7) is 0. The van der Waals surface area contributed by atoms with Gasteiger partial charge in [-0.05, 0) is 0 Å². The van der Waals surface area contributed by atoms with Crippen LogP contribution in [-0.2, 0) is 22.4 Å². The second-order valence-corrected chi connectivity index (χ2v) is 12.5. The molecule has 0 amide bonds. The van der Waals surface area contributed by atoms with Crippen LogP contribution in [0, 0.1) is 0 Å². The molecule has 4 atom stereocenters. The second kappa shape index (κ2) is 3.41. The first kappa shape index (κ1) is 11.1. The van der Waals surface area contributed by atoms with Gasteiger partial charge in [-0.1, -0.05) is 0 Å². The molecule has 0 aromatic rings. The molecule has 96 valence electrons. The van der Waals surface area contributed by atoms with E-state index < -0.39 is 17.1 Å². The van der Waals surface area contributed by atoms with E-state index in [1.54, 1.807) is 14.2 Å². The van der Waals surface area contributed by atoms with Crippen molar-refractivity contribution in [2.24, 2.45) is 0 Å². The Bertz CT molecular complexity index is 300. The summed E-state index contributed by atoms with van der Waals surface area (Å²) in [5.41, 5.74) is 0. The Morgan fingerprint density at radius 1 is 0.765 bits per heavy atom. The average molecular weight is 274 g/mol. The van der Waals surface area contributed by atoms with E-state index in [0.717, 1.165) is 24.2 Å². The molecule has 4 rings (SSSR count). The van der Waals surface area contributed by atoms with Crippen LogP contribution in [0.4, 0.5) is 0 Å². The number of hydrogen-bond donors (Lipinski definition) is 0. The molecule has 4 heterocycles. The fourth-order valence-electron chi connectivity index (χ4n) is 3.39. The molecule has 0 saturated carbocycles. The van der Waals surface area contributed by atoms with E-state index in [-0.39, 0.29) is 0 Å². The molecular weight excluding hydrogens is 256 g/mol. The van der Waals surface area contributed by atoms with Gasteiger partial charge in [0, 0.05) is 38.4 Å². The highest BCUT2D eigenvalue weighted by Crippen LogP contribution is 2.51. The SMILES string of the molecule is CO[Si]1(O[Si]2(OC)CC3OC3C2)CC2OC2C1. The maximum atomic E-state index is 6.52. The van der Waals surface area contributed by atoms with Gasteiger partial charge in [0.05, 0.1) is 24.4 Å². The predicted octanol–water partition coefficient (Wildman–Crippen LogP) is 0.742. The van der Waals surface area contributed by atoms with E-state index in [4.69, 9.17) is 22.4 Å². The first-order valence-electron chi connectivity index (χ1n) is 6.29. The Balaban J connectivity index is 1.50.